The Morgan fingerprint density at radius 2 is 0.625 bits per heavy atom. The predicted octanol–water partition coefficient (Wildman–Crippen LogP) is 9.78. The van der Waals surface area contributed by atoms with Crippen molar-refractivity contribution >= 4 is 85.3 Å². The van der Waals surface area contributed by atoms with E-state index < -0.39 is 0 Å². The Bertz CT molecular complexity index is 3870. The van der Waals surface area contributed by atoms with E-state index in [0.717, 1.165) is 146 Å². The van der Waals surface area contributed by atoms with E-state index in [-0.39, 0.29) is 53.3 Å². The van der Waals surface area contributed by atoms with Gasteiger partial charge in [0.1, 0.15) is 51.5 Å². The molecule has 3 unspecified atom stereocenters. The molecule has 24 heteroatoms. The molecule has 0 aliphatic carbocycles. The molecule has 96 heavy (non-hydrogen) atoms. The van der Waals surface area contributed by atoms with E-state index in [1.54, 1.807) is 75.6 Å². The highest BCUT2D eigenvalue weighted by Crippen LogP contribution is 2.45. The van der Waals surface area contributed by atoms with Crippen molar-refractivity contribution < 1.29 is 41.8 Å². The normalized spacial score (nSPS) is 18.5. The van der Waals surface area contributed by atoms with Crippen molar-refractivity contribution in [3.05, 3.63) is 179 Å². The molecule has 9 heterocycles. The lowest BCUT2D eigenvalue weighted by molar-refractivity contribution is 0.0820. The summed E-state index contributed by atoms with van der Waals surface area (Å²) in [6.07, 6.45) is 8.18. The van der Waals surface area contributed by atoms with Crippen LogP contribution in [-0.2, 0) is 14.2 Å². The SMILES string of the molecule is CN(C)C(=O)c1cc(N2CCC2c2ccc(F)cc2)c2nc(N3CCOCC3)cnc2c1.CN(C)C(=O)c1cc(N2CCC2c2ccc(F)cc2)c2nc(N3CCOCC3)cnc2c1.CN(C)C(=O)c1cc(N2CCC2c2ccc(F)cc2)c2nc(N3CCOCC3)cnc2c1. The first-order valence-corrected chi connectivity index (χ1v) is 32.6. The zero-order valence-corrected chi connectivity index (χ0v) is 54.9. The van der Waals surface area contributed by atoms with E-state index in [4.69, 9.17) is 29.2 Å². The summed E-state index contributed by atoms with van der Waals surface area (Å²) < 4.78 is 56.8. The lowest BCUT2D eigenvalue weighted by Crippen LogP contribution is -2.41. The number of aromatic nitrogens is 6. The number of anilines is 6. The topological polar surface area (TPSA) is 185 Å². The molecule has 0 radical (unpaired) electrons. The monoisotopic (exact) mass is 1310 g/mol. The fourth-order valence-electron chi connectivity index (χ4n) is 13.0. The van der Waals surface area contributed by atoms with Gasteiger partial charge in [-0.3, -0.25) is 29.3 Å². The standard InChI is InChI=1S/3C24H26FN5O2/c3*1-28(2)24(31)17-13-19-23(27-22(15-26-19)29-9-11-32-12-10-29)21(14-17)30-8-7-20(30)16-3-5-18(25)6-4-16/h3*3-6,13-15,20H,7-12H2,1-2H3. The van der Waals surface area contributed by atoms with Gasteiger partial charge in [-0.25, -0.2) is 28.1 Å². The van der Waals surface area contributed by atoms with Crippen LogP contribution in [0.25, 0.3) is 33.1 Å². The Morgan fingerprint density at radius 3 is 0.844 bits per heavy atom. The van der Waals surface area contributed by atoms with Crippen molar-refractivity contribution in [3.63, 3.8) is 0 Å². The molecule has 0 bridgehead atoms. The molecule has 3 aromatic heterocycles. The minimum atomic E-state index is -0.246. The first-order chi connectivity index (χ1) is 46.5. The minimum Gasteiger partial charge on any atom is -0.378 e. The number of rotatable bonds is 12. The quantitative estimate of drug-likeness (QED) is 0.112. The molecule has 6 aromatic carbocycles. The summed E-state index contributed by atoms with van der Waals surface area (Å²) in [7, 11) is 10.4. The number of hydrogen-bond donors (Lipinski definition) is 0. The van der Waals surface area contributed by atoms with E-state index in [2.05, 4.69) is 44.4 Å². The molecular formula is C72H78F3N15O6. The average molecular weight is 1310 g/mol. The Morgan fingerprint density at radius 1 is 0.375 bits per heavy atom. The summed E-state index contributed by atoms with van der Waals surface area (Å²) in [5.74, 6) is 1.47. The minimum absolute atomic E-state index is 0.0777. The van der Waals surface area contributed by atoms with Crippen LogP contribution in [0.3, 0.4) is 0 Å². The second-order valence-corrected chi connectivity index (χ2v) is 25.3. The van der Waals surface area contributed by atoms with Gasteiger partial charge in [0.05, 0.1) is 110 Å². The lowest BCUT2D eigenvalue weighted by atomic mass is 9.93. The summed E-state index contributed by atoms with van der Waals surface area (Å²) in [5, 5.41) is 0. The zero-order valence-electron chi connectivity index (χ0n) is 54.9. The van der Waals surface area contributed by atoms with Gasteiger partial charge in [0.2, 0.25) is 0 Å². The fourth-order valence-corrected chi connectivity index (χ4v) is 13.0. The van der Waals surface area contributed by atoms with Crippen molar-refractivity contribution in [1.29, 1.82) is 0 Å². The number of morpholine rings is 3. The van der Waals surface area contributed by atoms with Gasteiger partial charge in [-0.1, -0.05) is 36.4 Å². The largest absolute Gasteiger partial charge is 0.378 e. The smallest absolute Gasteiger partial charge is 0.253 e. The molecule has 6 aliphatic heterocycles. The summed E-state index contributed by atoms with van der Waals surface area (Å²) in [4.78, 5) is 85.2. The second-order valence-electron chi connectivity index (χ2n) is 25.3. The van der Waals surface area contributed by atoms with Crippen LogP contribution < -0.4 is 29.4 Å². The van der Waals surface area contributed by atoms with Crippen molar-refractivity contribution in [3.8, 4) is 0 Å². The fraction of sp³-hybridized carbons (Fsp3) is 0.375. The maximum Gasteiger partial charge on any atom is 0.253 e. The molecule has 0 spiro atoms. The molecule has 6 aliphatic rings. The third-order valence-corrected chi connectivity index (χ3v) is 18.6. The number of fused-ring (bicyclic) bond motifs is 3. The zero-order chi connectivity index (χ0) is 66.7. The van der Waals surface area contributed by atoms with Crippen LogP contribution in [0.2, 0.25) is 0 Å². The first kappa shape index (κ1) is 64.9. The molecule has 0 saturated carbocycles. The maximum absolute atomic E-state index is 13.5. The maximum atomic E-state index is 13.5. The van der Waals surface area contributed by atoms with Crippen LogP contribution in [0.15, 0.2) is 128 Å². The summed E-state index contributed by atoms with van der Waals surface area (Å²) in [6, 6.07) is 31.4. The van der Waals surface area contributed by atoms with Crippen LogP contribution >= 0.6 is 0 Å². The van der Waals surface area contributed by atoms with Crippen LogP contribution in [0, 0.1) is 17.5 Å². The van der Waals surface area contributed by atoms with Gasteiger partial charge in [-0.05, 0) is 109 Å². The van der Waals surface area contributed by atoms with Gasteiger partial charge >= 0.3 is 0 Å². The number of carbonyl (C=O) groups excluding carboxylic acids is 3. The molecule has 9 aromatic rings. The highest BCUT2D eigenvalue weighted by Gasteiger charge is 2.36. The van der Waals surface area contributed by atoms with Crippen LogP contribution in [0.5, 0.6) is 0 Å². The first-order valence-electron chi connectivity index (χ1n) is 32.6. The van der Waals surface area contributed by atoms with Gasteiger partial charge < -0.3 is 58.3 Å². The van der Waals surface area contributed by atoms with E-state index in [1.165, 1.54) is 36.4 Å². The molecule has 0 N–H and O–H groups in total. The average Bonchev–Trinajstić information content (AvgIpc) is 0.767. The summed E-state index contributed by atoms with van der Waals surface area (Å²) >= 11 is 0. The number of ether oxygens (including phenoxy) is 3. The third kappa shape index (κ3) is 13.7. The highest BCUT2D eigenvalue weighted by molar-refractivity contribution is 6.04. The van der Waals surface area contributed by atoms with Crippen LogP contribution in [-0.4, -0.2) is 203 Å². The van der Waals surface area contributed by atoms with E-state index in [9.17, 15) is 27.6 Å². The Kier molecular flexibility index (Phi) is 19.1. The van der Waals surface area contributed by atoms with Crippen molar-refractivity contribution in [2.45, 2.75) is 37.4 Å². The van der Waals surface area contributed by atoms with Crippen LogP contribution in [0.1, 0.15) is 85.2 Å². The predicted molar refractivity (Wildman–Crippen MR) is 365 cm³/mol. The molecule has 498 valence electrons. The molecular weight excluding hydrogens is 1230 g/mol. The second kappa shape index (κ2) is 28.3. The molecule has 15 rings (SSSR count). The van der Waals surface area contributed by atoms with Gasteiger partial charge in [0, 0.05) is 118 Å². The molecule has 6 saturated heterocycles. The summed E-state index contributed by atoms with van der Waals surface area (Å²) in [6.45, 7) is 11.1. The van der Waals surface area contributed by atoms with Crippen LogP contribution in [0.4, 0.5) is 47.7 Å². The Hall–Kier alpha value is -9.78. The Labute approximate surface area is 555 Å². The number of halogens is 3. The molecule has 21 nitrogen and oxygen atoms in total. The number of nitrogens with zero attached hydrogens (tertiary/aromatic N) is 15. The van der Waals surface area contributed by atoms with Gasteiger partial charge in [0.25, 0.3) is 17.7 Å². The van der Waals surface area contributed by atoms with Gasteiger partial charge in [-0.2, -0.15) is 0 Å². The van der Waals surface area contributed by atoms with E-state index >= 15 is 0 Å². The Balaban J connectivity index is 0.000000130. The van der Waals surface area contributed by atoms with Gasteiger partial charge in [0.15, 0.2) is 0 Å². The van der Waals surface area contributed by atoms with Crippen molar-refractivity contribution in [2.75, 3.05) is 170 Å². The summed E-state index contributed by atoms with van der Waals surface area (Å²) in [5.41, 5.74) is 11.9. The van der Waals surface area contributed by atoms with Gasteiger partial charge in [-0.15, -0.1) is 0 Å². The highest BCUT2D eigenvalue weighted by atomic mass is 19.1. The van der Waals surface area contributed by atoms with E-state index in [0.29, 0.717) is 72.9 Å². The number of amides is 3. The van der Waals surface area contributed by atoms with E-state index in [1.807, 2.05) is 72.8 Å². The van der Waals surface area contributed by atoms with Crippen molar-refractivity contribution in [1.82, 2.24) is 44.6 Å². The number of hydrogen-bond acceptors (Lipinski definition) is 18. The van der Waals surface area contributed by atoms with Crippen molar-refractivity contribution in [2.24, 2.45) is 0 Å². The number of benzene rings is 6. The molecule has 6 fully saturated rings. The third-order valence-electron chi connectivity index (χ3n) is 18.6. The molecule has 3 atom stereocenters. The molecule has 3 amide bonds. The number of carbonyl (C=O) groups is 3. The lowest BCUT2D eigenvalue weighted by Gasteiger charge is -2.43.